The molecule has 278 valence electrons. The van der Waals surface area contributed by atoms with E-state index in [1.54, 1.807) is 41.3 Å². The maximum absolute atomic E-state index is 14.0. The van der Waals surface area contributed by atoms with E-state index in [0.29, 0.717) is 61.3 Å². The molecule has 3 N–H and O–H groups in total. The number of rotatable bonds is 13. The molecule has 6 rings (SSSR count). The number of nitrogens with zero attached hydrogens (tertiary/aromatic N) is 2. The molecule has 4 aromatic rings. The molecule has 3 atom stereocenters. The van der Waals surface area contributed by atoms with E-state index >= 15 is 0 Å². The lowest BCUT2D eigenvalue weighted by atomic mass is 9.93. The summed E-state index contributed by atoms with van der Waals surface area (Å²) in [6.45, 7) is 0.964. The van der Waals surface area contributed by atoms with E-state index in [0.717, 1.165) is 6.42 Å². The van der Waals surface area contributed by atoms with Gasteiger partial charge in [-0.2, -0.15) is 0 Å². The number of phenolic OH excluding ortho intramolecular Hbond substituents is 3. The lowest BCUT2D eigenvalue weighted by Gasteiger charge is -2.33. The SMILES string of the molecule is O=Cc1ccccc1C(=O)N1CCC[C@H](COc2ccc(C3C[C@@H](COc4cccc(O)c4C=O)N(C(=O)c4cccc(O)c4C=O)C3)c(O)c2C=O)C1. The monoisotopic (exact) mass is 734 g/mol. The number of benzene rings is 4. The number of phenols is 3. The number of ether oxygens (including phenoxy) is 2. The van der Waals surface area contributed by atoms with E-state index in [4.69, 9.17) is 9.47 Å². The van der Waals surface area contributed by atoms with E-state index in [9.17, 15) is 44.1 Å². The van der Waals surface area contributed by atoms with Crippen LogP contribution in [0.5, 0.6) is 28.7 Å². The van der Waals surface area contributed by atoms with Crippen LogP contribution in [0.1, 0.15) is 92.9 Å². The fourth-order valence-electron chi connectivity index (χ4n) is 7.26. The van der Waals surface area contributed by atoms with Crippen LogP contribution < -0.4 is 9.47 Å². The molecule has 2 amide bonds. The number of amides is 2. The Morgan fingerprint density at radius 3 is 2.09 bits per heavy atom. The number of carbonyl (C=O) groups excluding carboxylic acids is 6. The Morgan fingerprint density at radius 1 is 0.685 bits per heavy atom. The first-order chi connectivity index (χ1) is 26.2. The van der Waals surface area contributed by atoms with E-state index in [1.807, 2.05) is 0 Å². The lowest BCUT2D eigenvalue weighted by Crippen LogP contribution is -2.41. The van der Waals surface area contributed by atoms with Gasteiger partial charge in [0.25, 0.3) is 11.8 Å². The van der Waals surface area contributed by atoms with Gasteiger partial charge in [-0.3, -0.25) is 28.8 Å². The van der Waals surface area contributed by atoms with Crippen molar-refractivity contribution in [2.45, 2.75) is 31.2 Å². The molecule has 0 bridgehead atoms. The highest BCUT2D eigenvalue weighted by Gasteiger charge is 2.39. The predicted octanol–water partition coefficient (Wildman–Crippen LogP) is 5.06. The fraction of sp³-hybridized carbons (Fsp3) is 0.268. The Bertz CT molecular complexity index is 2100. The third-order valence-electron chi connectivity index (χ3n) is 10.1. The van der Waals surface area contributed by atoms with Crippen LogP contribution in [0.25, 0.3) is 0 Å². The zero-order chi connectivity index (χ0) is 38.4. The summed E-state index contributed by atoms with van der Waals surface area (Å²) in [5.74, 6) is -2.16. The molecular formula is C41H38N2O11. The van der Waals surface area contributed by atoms with E-state index < -0.39 is 17.9 Å². The Labute approximate surface area is 310 Å². The Kier molecular flexibility index (Phi) is 11.4. The average Bonchev–Trinajstić information content (AvgIpc) is 3.62. The molecule has 0 radical (unpaired) electrons. The van der Waals surface area contributed by atoms with Gasteiger partial charge in [-0.05, 0) is 61.2 Å². The number of piperidine rings is 1. The van der Waals surface area contributed by atoms with Crippen molar-refractivity contribution in [3.8, 4) is 28.7 Å². The number of aldehydes is 4. The first-order valence-electron chi connectivity index (χ1n) is 17.4. The topological polar surface area (TPSA) is 188 Å². The number of carbonyl (C=O) groups is 6. The Morgan fingerprint density at radius 2 is 1.35 bits per heavy atom. The predicted molar refractivity (Wildman–Crippen MR) is 194 cm³/mol. The molecule has 0 spiro atoms. The zero-order valence-corrected chi connectivity index (χ0v) is 29.1. The average molecular weight is 735 g/mol. The minimum atomic E-state index is -0.670. The van der Waals surface area contributed by atoms with Gasteiger partial charge in [0.05, 0.1) is 40.5 Å². The van der Waals surface area contributed by atoms with Crippen molar-refractivity contribution >= 4 is 37.0 Å². The zero-order valence-electron chi connectivity index (χ0n) is 29.1. The Hall–Kier alpha value is -6.50. The standard InChI is InChI=1S/C41H38N2O11/c44-19-26-7-1-2-8-30(26)40(51)42-15-5-6-25(17-42)23-53-38-14-13-29(39(50)34(38)22-47)27-16-28(24-54-37-12-4-11-36(49)33(37)21-46)43(18-27)41(52)31-9-3-10-35(48)32(31)20-45/h1-4,7-14,19-22,25,27-28,48-50H,5-6,15-18,23-24H2/t25-,27?,28-/m0/s1. The van der Waals surface area contributed by atoms with Gasteiger partial charge in [-0.25, -0.2) is 0 Å². The van der Waals surface area contributed by atoms with E-state index in [1.165, 1.54) is 41.3 Å². The molecule has 4 aromatic carbocycles. The minimum Gasteiger partial charge on any atom is -0.507 e. The van der Waals surface area contributed by atoms with Gasteiger partial charge in [0.1, 0.15) is 35.4 Å². The second-order valence-electron chi connectivity index (χ2n) is 13.3. The smallest absolute Gasteiger partial charge is 0.255 e. The van der Waals surface area contributed by atoms with Crippen LogP contribution in [0.4, 0.5) is 0 Å². The third kappa shape index (κ3) is 7.51. The highest BCUT2D eigenvalue weighted by atomic mass is 16.5. The molecule has 0 aromatic heterocycles. The maximum atomic E-state index is 14.0. The molecular weight excluding hydrogens is 696 g/mol. The molecule has 0 saturated carbocycles. The summed E-state index contributed by atoms with van der Waals surface area (Å²) in [7, 11) is 0. The highest BCUT2D eigenvalue weighted by Crippen LogP contribution is 2.41. The number of hydrogen-bond donors (Lipinski definition) is 3. The van der Waals surface area contributed by atoms with Crippen molar-refractivity contribution in [1.82, 2.24) is 9.80 Å². The summed E-state index contributed by atoms with van der Waals surface area (Å²) in [5.41, 5.74) is 0.626. The summed E-state index contributed by atoms with van der Waals surface area (Å²) >= 11 is 0. The minimum absolute atomic E-state index is 0.0343. The summed E-state index contributed by atoms with van der Waals surface area (Å²) in [5, 5.41) is 31.8. The molecule has 0 aliphatic carbocycles. The molecule has 2 saturated heterocycles. The van der Waals surface area contributed by atoms with Crippen LogP contribution in [0.2, 0.25) is 0 Å². The van der Waals surface area contributed by atoms with Crippen LogP contribution in [0.3, 0.4) is 0 Å². The van der Waals surface area contributed by atoms with E-state index in [-0.39, 0.29) is 89.0 Å². The van der Waals surface area contributed by atoms with Crippen LogP contribution >= 0.6 is 0 Å². The molecule has 2 aliphatic rings. The second-order valence-corrected chi connectivity index (χ2v) is 13.3. The second kappa shape index (κ2) is 16.4. The lowest BCUT2D eigenvalue weighted by molar-refractivity contribution is 0.0630. The third-order valence-corrected chi connectivity index (χ3v) is 10.1. The highest BCUT2D eigenvalue weighted by molar-refractivity contribution is 6.03. The quantitative estimate of drug-likeness (QED) is 0.156. The number of hydrogen-bond acceptors (Lipinski definition) is 11. The molecule has 2 aliphatic heterocycles. The summed E-state index contributed by atoms with van der Waals surface area (Å²) in [6, 6.07) is 17.6. The van der Waals surface area contributed by atoms with Gasteiger partial charge in [0, 0.05) is 37.0 Å². The number of aromatic hydroxyl groups is 3. The molecule has 1 unspecified atom stereocenters. The van der Waals surface area contributed by atoms with Gasteiger partial charge in [-0.1, -0.05) is 36.4 Å². The van der Waals surface area contributed by atoms with Gasteiger partial charge < -0.3 is 34.6 Å². The van der Waals surface area contributed by atoms with Crippen LogP contribution in [-0.2, 0) is 0 Å². The van der Waals surface area contributed by atoms with Gasteiger partial charge >= 0.3 is 0 Å². The van der Waals surface area contributed by atoms with Crippen molar-refractivity contribution in [3.63, 3.8) is 0 Å². The van der Waals surface area contributed by atoms with E-state index in [2.05, 4.69) is 0 Å². The Balaban J connectivity index is 1.21. The molecule has 2 fully saturated rings. The van der Waals surface area contributed by atoms with Crippen molar-refractivity contribution in [3.05, 3.63) is 112 Å². The molecule has 54 heavy (non-hydrogen) atoms. The van der Waals surface area contributed by atoms with Gasteiger partial charge in [0.2, 0.25) is 0 Å². The molecule has 2 heterocycles. The first kappa shape index (κ1) is 37.3. The van der Waals surface area contributed by atoms with Gasteiger partial charge in [0.15, 0.2) is 25.1 Å². The molecule has 13 nitrogen and oxygen atoms in total. The number of likely N-dealkylation sites (tertiary alicyclic amines) is 2. The normalized spacial score (nSPS) is 18.1. The largest absolute Gasteiger partial charge is 0.507 e. The van der Waals surface area contributed by atoms with Crippen LogP contribution in [-0.4, -0.2) is 101 Å². The fourth-order valence-corrected chi connectivity index (χ4v) is 7.26. The maximum Gasteiger partial charge on any atom is 0.255 e. The summed E-state index contributed by atoms with van der Waals surface area (Å²) in [4.78, 5) is 77.7. The van der Waals surface area contributed by atoms with Gasteiger partial charge in [-0.15, -0.1) is 0 Å². The summed E-state index contributed by atoms with van der Waals surface area (Å²) < 4.78 is 12.0. The first-order valence-corrected chi connectivity index (χ1v) is 17.4. The van der Waals surface area contributed by atoms with Crippen LogP contribution in [0, 0.1) is 5.92 Å². The van der Waals surface area contributed by atoms with Crippen molar-refractivity contribution in [2.75, 3.05) is 32.8 Å². The van der Waals surface area contributed by atoms with Crippen molar-refractivity contribution in [2.24, 2.45) is 5.92 Å². The van der Waals surface area contributed by atoms with Crippen molar-refractivity contribution < 1.29 is 53.6 Å². The van der Waals surface area contributed by atoms with Crippen LogP contribution in [0.15, 0.2) is 72.8 Å². The summed E-state index contributed by atoms with van der Waals surface area (Å²) in [6.07, 6.45) is 3.71. The van der Waals surface area contributed by atoms with Crippen molar-refractivity contribution in [1.29, 1.82) is 0 Å². The molecule has 13 heteroatoms.